The van der Waals surface area contributed by atoms with Gasteiger partial charge in [0.15, 0.2) is 17.3 Å². The molecule has 0 aliphatic heterocycles. The summed E-state index contributed by atoms with van der Waals surface area (Å²) in [7, 11) is 0. The molecule has 2 aliphatic carbocycles. The van der Waals surface area contributed by atoms with Crippen LogP contribution in [0.15, 0.2) is 40.5 Å². The predicted octanol–water partition coefficient (Wildman–Crippen LogP) is 4.53. The van der Waals surface area contributed by atoms with E-state index >= 15 is 0 Å². The van der Waals surface area contributed by atoms with Gasteiger partial charge in [-0.1, -0.05) is 0 Å². The second-order valence-corrected chi connectivity index (χ2v) is 10.5. The Morgan fingerprint density at radius 1 is 1.08 bits per heavy atom. The van der Waals surface area contributed by atoms with Gasteiger partial charge in [-0.2, -0.15) is 0 Å². The highest BCUT2D eigenvalue weighted by molar-refractivity contribution is 7.98. The quantitative estimate of drug-likeness (QED) is 0.349. The maximum Gasteiger partial charge on any atom is 0.295 e. The lowest BCUT2D eigenvalue weighted by molar-refractivity contribution is 0.482. The Morgan fingerprint density at radius 2 is 1.92 bits per heavy atom. The minimum Gasteiger partial charge on any atom is -0.360 e. The van der Waals surface area contributed by atoms with Crippen molar-refractivity contribution in [1.82, 2.24) is 34.5 Å². The zero-order valence-corrected chi connectivity index (χ0v) is 21.4. The molecule has 184 valence electrons. The van der Waals surface area contributed by atoms with Gasteiger partial charge >= 0.3 is 0 Å². The van der Waals surface area contributed by atoms with Crippen LogP contribution in [0, 0.1) is 12.8 Å². The topological polar surface area (TPSA) is 111 Å². The van der Waals surface area contributed by atoms with Gasteiger partial charge in [0.2, 0.25) is 0 Å². The maximum absolute atomic E-state index is 13.7. The van der Waals surface area contributed by atoms with Crippen LogP contribution in [0.5, 0.6) is 0 Å². The van der Waals surface area contributed by atoms with Crippen molar-refractivity contribution in [1.29, 1.82) is 0 Å². The molecule has 6 rings (SSSR count). The van der Waals surface area contributed by atoms with Gasteiger partial charge in [-0.15, -0.1) is 11.8 Å². The van der Waals surface area contributed by atoms with E-state index in [0.717, 1.165) is 53.2 Å². The molecule has 4 aromatic heterocycles. The summed E-state index contributed by atoms with van der Waals surface area (Å²) in [4.78, 5) is 42.5. The van der Waals surface area contributed by atoms with Crippen LogP contribution >= 0.6 is 11.8 Å². The summed E-state index contributed by atoms with van der Waals surface area (Å²) in [5, 5.41) is 3.21. The Kier molecular flexibility index (Phi) is 5.91. The second kappa shape index (κ2) is 9.24. The monoisotopic (exact) mass is 500 g/mol. The fourth-order valence-electron chi connectivity index (χ4n) is 4.65. The van der Waals surface area contributed by atoms with E-state index in [1.807, 2.05) is 31.5 Å². The number of pyridine rings is 1. The van der Waals surface area contributed by atoms with Crippen molar-refractivity contribution in [3.63, 3.8) is 0 Å². The molecule has 1 unspecified atom stereocenters. The summed E-state index contributed by atoms with van der Waals surface area (Å²) < 4.78 is 1.80. The molecule has 10 heteroatoms. The summed E-state index contributed by atoms with van der Waals surface area (Å²) in [5.74, 6) is 1.74. The van der Waals surface area contributed by atoms with Crippen molar-refractivity contribution >= 4 is 28.7 Å². The van der Waals surface area contributed by atoms with Crippen LogP contribution in [-0.2, 0) is 6.54 Å². The average molecular weight is 501 g/mol. The van der Waals surface area contributed by atoms with Crippen molar-refractivity contribution in [2.24, 2.45) is 5.92 Å². The Labute approximate surface area is 213 Å². The maximum atomic E-state index is 13.7. The third kappa shape index (κ3) is 4.34. The van der Waals surface area contributed by atoms with Crippen LogP contribution in [0.2, 0.25) is 0 Å². The number of rotatable bonds is 8. The molecule has 36 heavy (non-hydrogen) atoms. The van der Waals surface area contributed by atoms with Crippen molar-refractivity contribution < 1.29 is 0 Å². The molecule has 0 spiro atoms. The molecule has 2 fully saturated rings. The van der Waals surface area contributed by atoms with E-state index in [1.54, 1.807) is 28.9 Å². The molecule has 9 nitrogen and oxygen atoms in total. The standard InChI is InChI=1S/C26H28N8OS/c1-14-21(22(17-6-7-17)31-13-30-14)23-29-12-20-25(33-23)34(15(2)16-4-5-16)26(35)24(32-20)28-10-18-8-9-19(36-3)11-27-18/h8-9,11-13,15-17H,4-7,10H2,1-3H3,(H,28,32). The summed E-state index contributed by atoms with van der Waals surface area (Å²) >= 11 is 1.65. The highest BCUT2D eigenvalue weighted by atomic mass is 32.2. The van der Waals surface area contributed by atoms with Crippen LogP contribution in [0.1, 0.15) is 61.6 Å². The molecule has 0 amide bonds. The molecule has 1 atom stereocenters. The average Bonchev–Trinajstić information content (AvgIpc) is 3.80. The molecular formula is C26H28N8OS. The van der Waals surface area contributed by atoms with Gasteiger partial charge in [0.25, 0.3) is 5.56 Å². The minimum atomic E-state index is -0.171. The third-order valence-electron chi connectivity index (χ3n) is 7.07. The Hall–Kier alpha value is -3.40. The van der Waals surface area contributed by atoms with Crippen molar-refractivity contribution in [2.45, 2.75) is 62.9 Å². The lowest BCUT2D eigenvalue weighted by atomic mass is 10.1. The van der Waals surface area contributed by atoms with E-state index in [4.69, 9.17) is 4.98 Å². The number of hydrogen-bond acceptors (Lipinski definition) is 9. The predicted molar refractivity (Wildman–Crippen MR) is 140 cm³/mol. The van der Waals surface area contributed by atoms with Gasteiger partial charge in [-0.05, 0) is 63.8 Å². The van der Waals surface area contributed by atoms with E-state index in [0.29, 0.717) is 41.2 Å². The van der Waals surface area contributed by atoms with Crippen LogP contribution in [0.4, 0.5) is 5.82 Å². The first kappa shape index (κ1) is 23.0. The fourth-order valence-corrected chi connectivity index (χ4v) is 5.01. The smallest absolute Gasteiger partial charge is 0.295 e. The van der Waals surface area contributed by atoms with Crippen molar-refractivity contribution in [2.75, 3.05) is 11.6 Å². The van der Waals surface area contributed by atoms with E-state index in [2.05, 4.69) is 37.2 Å². The first-order valence-corrected chi connectivity index (χ1v) is 13.6. The Bertz CT molecular complexity index is 1490. The molecule has 4 aromatic rings. The molecule has 4 heterocycles. The lowest BCUT2D eigenvalue weighted by Gasteiger charge is -2.19. The number of fused-ring (bicyclic) bond motifs is 1. The molecular weight excluding hydrogens is 472 g/mol. The van der Waals surface area contributed by atoms with Gasteiger partial charge in [0.1, 0.15) is 11.8 Å². The van der Waals surface area contributed by atoms with Crippen LogP contribution in [-0.4, -0.2) is 40.7 Å². The summed E-state index contributed by atoms with van der Waals surface area (Å²) in [6, 6.07) is 4.00. The summed E-state index contributed by atoms with van der Waals surface area (Å²) in [6.45, 7) is 4.46. The molecule has 0 saturated heterocycles. The summed E-state index contributed by atoms with van der Waals surface area (Å²) in [6.07, 6.45) is 11.6. The van der Waals surface area contributed by atoms with E-state index in [1.165, 1.54) is 0 Å². The Balaban J connectivity index is 1.43. The van der Waals surface area contributed by atoms with Gasteiger partial charge in [0.05, 0.1) is 35.4 Å². The van der Waals surface area contributed by atoms with Gasteiger partial charge < -0.3 is 5.32 Å². The molecule has 1 N–H and O–H groups in total. The van der Waals surface area contributed by atoms with Crippen molar-refractivity contribution in [3.05, 3.63) is 58.3 Å². The van der Waals surface area contributed by atoms with Gasteiger partial charge in [-0.3, -0.25) is 14.3 Å². The number of aromatic nitrogens is 7. The summed E-state index contributed by atoms with van der Waals surface area (Å²) in [5.41, 5.74) is 4.54. The third-order valence-corrected chi connectivity index (χ3v) is 7.78. The number of anilines is 1. The normalized spacial score (nSPS) is 16.3. The molecule has 0 bridgehead atoms. The van der Waals surface area contributed by atoms with Crippen LogP contribution in [0.25, 0.3) is 22.6 Å². The molecule has 0 radical (unpaired) electrons. The van der Waals surface area contributed by atoms with E-state index in [9.17, 15) is 4.79 Å². The molecule has 0 aromatic carbocycles. The largest absolute Gasteiger partial charge is 0.360 e. The second-order valence-electron chi connectivity index (χ2n) is 9.65. The first-order chi connectivity index (χ1) is 17.5. The van der Waals surface area contributed by atoms with Gasteiger partial charge in [0, 0.05) is 23.1 Å². The zero-order valence-electron chi connectivity index (χ0n) is 20.6. The van der Waals surface area contributed by atoms with Crippen LogP contribution < -0.4 is 10.9 Å². The van der Waals surface area contributed by atoms with Crippen molar-refractivity contribution in [3.8, 4) is 11.4 Å². The van der Waals surface area contributed by atoms with Crippen LogP contribution in [0.3, 0.4) is 0 Å². The minimum absolute atomic E-state index is 0.0151. The number of hydrogen-bond donors (Lipinski definition) is 1. The highest BCUT2D eigenvalue weighted by Crippen LogP contribution is 2.43. The highest BCUT2D eigenvalue weighted by Gasteiger charge is 2.33. The first-order valence-electron chi connectivity index (χ1n) is 12.4. The fraction of sp³-hybridized carbons (Fsp3) is 0.423. The number of nitrogens with one attached hydrogen (secondary N) is 1. The number of thioether (sulfide) groups is 1. The van der Waals surface area contributed by atoms with E-state index in [-0.39, 0.29) is 11.6 Å². The lowest BCUT2D eigenvalue weighted by Crippen LogP contribution is -2.29. The van der Waals surface area contributed by atoms with Gasteiger partial charge in [-0.25, -0.2) is 24.9 Å². The van der Waals surface area contributed by atoms with E-state index < -0.39 is 0 Å². The molecule has 2 saturated carbocycles. The Morgan fingerprint density at radius 3 is 2.61 bits per heavy atom. The number of aryl methyl sites for hydroxylation is 1. The SMILES string of the molecule is CSc1ccc(CNc2nc3cnc(-c4c(C)ncnc4C4CC4)nc3n(C(C)C3CC3)c2=O)nc1. The molecule has 2 aliphatic rings. The number of nitrogens with zero attached hydrogens (tertiary/aromatic N) is 7. The zero-order chi connectivity index (χ0) is 24.8.